The molecule has 110 valence electrons. The minimum absolute atomic E-state index is 0.101. The first-order chi connectivity index (χ1) is 8.55. The van der Waals surface area contributed by atoms with Gasteiger partial charge in [0.15, 0.2) is 0 Å². The second kappa shape index (κ2) is 5.99. The van der Waals surface area contributed by atoms with Crippen LogP contribution < -0.4 is 4.72 Å². The molecule has 2 atom stereocenters. The van der Waals surface area contributed by atoms with Crippen LogP contribution in [0.5, 0.6) is 0 Å². The fraction of sp³-hybridized carbons (Fsp3) is 0.727. The van der Waals surface area contributed by atoms with Gasteiger partial charge >= 0.3 is 0 Å². The Balaban J connectivity index is 2.93. The maximum absolute atomic E-state index is 12.1. The monoisotopic (exact) mass is 324 g/mol. The van der Waals surface area contributed by atoms with Gasteiger partial charge in [0.2, 0.25) is 14.2 Å². The molecule has 0 aromatic carbocycles. The molecule has 0 aliphatic rings. The molecule has 19 heavy (non-hydrogen) atoms. The van der Waals surface area contributed by atoms with Gasteiger partial charge in [0, 0.05) is 17.3 Å². The van der Waals surface area contributed by atoms with Crippen LogP contribution in [0.1, 0.15) is 45.0 Å². The molecule has 0 spiro atoms. The summed E-state index contributed by atoms with van der Waals surface area (Å²) in [5.74, 6) is 0. The van der Waals surface area contributed by atoms with Gasteiger partial charge in [-0.15, -0.1) is 11.3 Å². The Morgan fingerprint density at radius 3 is 2.42 bits per heavy atom. The lowest BCUT2D eigenvalue weighted by molar-refractivity contribution is 0.593. The summed E-state index contributed by atoms with van der Waals surface area (Å²) >= 11 is 1.13. The molecular weight excluding hydrogens is 304 g/mol. The molecule has 0 saturated heterocycles. The van der Waals surface area contributed by atoms with Crippen LogP contribution in [-0.2, 0) is 20.8 Å². The summed E-state index contributed by atoms with van der Waals surface area (Å²) in [4.78, 5) is 4.71. The van der Waals surface area contributed by atoms with E-state index in [0.29, 0.717) is 6.42 Å². The van der Waals surface area contributed by atoms with E-state index in [2.05, 4.69) is 9.71 Å². The maximum Gasteiger partial charge on any atom is 0.209 e. The Labute approximate surface area is 121 Å². The van der Waals surface area contributed by atoms with Crippen molar-refractivity contribution in [1.29, 1.82) is 0 Å². The molecule has 1 aromatic rings. The van der Waals surface area contributed by atoms with E-state index in [1.807, 2.05) is 27.7 Å². The minimum Gasteiger partial charge on any atom is -0.242 e. The average molecular weight is 324 g/mol. The van der Waals surface area contributed by atoms with Gasteiger partial charge in [-0.1, -0.05) is 6.92 Å². The Hall–Kier alpha value is -0.310. The van der Waals surface area contributed by atoms with Crippen molar-refractivity contribution in [3.63, 3.8) is 0 Å². The van der Waals surface area contributed by atoms with Crippen molar-refractivity contribution in [1.82, 2.24) is 9.71 Å². The Morgan fingerprint density at radius 1 is 1.47 bits per heavy atom. The number of sulfone groups is 1. The standard InChI is InChI=1S/C11H20N2O3S3/c1-6-8(13-18(14)11(2,3)4)9-7-12-10(17-9)19(5,15)16/h7-8,13H,6H2,1-5H3. The lowest BCUT2D eigenvalue weighted by Gasteiger charge is -2.22. The molecular formula is C11H20N2O3S3. The summed E-state index contributed by atoms with van der Waals surface area (Å²) in [6.45, 7) is 7.61. The second-order valence-corrected chi connectivity index (χ2v) is 10.5. The van der Waals surface area contributed by atoms with Crippen LogP contribution in [0.25, 0.3) is 0 Å². The fourth-order valence-electron chi connectivity index (χ4n) is 1.25. The third-order valence-corrected chi connectivity index (χ3v) is 6.79. The van der Waals surface area contributed by atoms with Crippen molar-refractivity contribution in [3.8, 4) is 0 Å². The van der Waals surface area contributed by atoms with Gasteiger partial charge in [0.25, 0.3) is 0 Å². The number of hydrogen-bond donors (Lipinski definition) is 1. The SMILES string of the molecule is CCC(NS(=O)C(C)(C)C)c1cnc(S(C)(=O)=O)s1. The van der Waals surface area contributed by atoms with Crippen molar-refractivity contribution in [2.75, 3.05) is 6.26 Å². The summed E-state index contributed by atoms with van der Waals surface area (Å²) in [5.41, 5.74) is 0. The number of nitrogens with one attached hydrogen (secondary N) is 1. The Kier molecular flexibility index (Phi) is 5.28. The highest BCUT2D eigenvalue weighted by molar-refractivity contribution is 7.92. The third kappa shape index (κ3) is 4.62. The van der Waals surface area contributed by atoms with E-state index in [9.17, 15) is 12.6 Å². The van der Waals surface area contributed by atoms with Crippen molar-refractivity contribution < 1.29 is 12.6 Å². The lowest BCUT2D eigenvalue weighted by Crippen LogP contribution is -2.35. The normalized spacial score (nSPS) is 16.3. The van der Waals surface area contributed by atoms with Gasteiger partial charge in [-0.3, -0.25) is 0 Å². The van der Waals surface area contributed by atoms with E-state index < -0.39 is 20.8 Å². The van der Waals surface area contributed by atoms with Crippen LogP contribution in [0.4, 0.5) is 0 Å². The topological polar surface area (TPSA) is 76.1 Å². The van der Waals surface area contributed by atoms with Crippen LogP contribution in [0.3, 0.4) is 0 Å². The van der Waals surface area contributed by atoms with Gasteiger partial charge in [-0.25, -0.2) is 22.3 Å². The zero-order valence-corrected chi connectivity index (χ0v) is 14.2. The Morgan fingerprint density at radius 2 is 2.05 bits per heavy atom. The van der Waals surface area contributed by atoms with Crippen LogP contribution in [-0.4, -0.2) is 28.6 Å². The van der Waals surface area contributed by atoms with Crippen LogP contribution in [0.2, 0.25) is 0 Å². The molecule has 0 fully saturated rings. The third-order valence-electron chi connectivity index (χ3n) is 2.38. The summed E-state index contributed by atoms with van der Waals surface area (Å²) < 4.78 is 37.7. The highest BCUT2D eigenvalue weighted by atomic mass is 32.2. The average Bonchev–Trinajstić information content (AvgIpc) is 2.72. The predicted molar refractivity (Wildman–Crippen MR) is 79.3 cm³/mol. The molecule has 1 aromatic heterocycles. The summed E-state index contributed by atoms with van der Waals surface area (Å²) in [6, 6.07) is -0.145. The van der Waals surface area contributed by atoms with Gasteiger partial charge in [0.1, 0.15) is 0 Å². The first-order valence-corrected chi connectivity index (χ1v) is 9.75. The molecule has 0 bridgehead atoms. The van der Waals surface area contributed by atoms with Gasteiger partial charge in [-0.2, -0.15) is 0 Å². The molecule has 0 aliphatic heterocycles. The van der Waals surface area contributed by atoms with Crippen molar-refractivity contribution in [3.05, 3.63) is 11.1 Å². The molecule has 0 radical (unpaired) electrons. The van der Waals surface area contributed by atoms with Crippen LogP contribution in [0, 0.1) is 0 Å². The zero-order chi connectivity index (χ0) is 14.8. The van der Waals surface area contributed by atoms with E-state index in [1.165, 1.54) is 0 Å². The molecule has 1 heterocycles. The maximum atomic E-state index is 12.1. The molecule has 1 rings (SSSR count). The van der Waals surface area contributed by atoms with E-state index in [-0.39, 0.29) is 15.1 Å². The van der Waals surface area contributed by atoms with E-state index in [4.69, 9.17) is 0 Å². The molecule has 1 N–H and O–H groups in total. The fourth-order valence-corrected chi connectivity index (χ4v) is 4.15. The quantitative estimate of drug-likeness (QED) is 0.899. The number of thiazole rings is 1. The Bertz CT molecular complexity index is 558. The molecule has 2 unspecified atom stereocenters. The highest BCUT2D eigenvalue weighted by Gasteiger charge is 2.24. The van der Waals surface area contributed by atoms with E-state index in [1.54, 1.807) is 6.20 Å². The number of nitrogens with zero attached hydrogens (tertiary/aromatic N) is 1. The number of aromatic nitrogens is 1. The summed E-state index contributed by atoms with van der Waals surface area (Å²) in [5, 5.41) is 0. The van der Waals surface area contributed by atoms with Crippen molar-refractivity contribution >= 4 is 32.2 Å². The van der Waals surface area contributed by atoms with Crippen LogP contribution >= 0.6 is 11.3 Å². The second-order valence-electron chi connectivity index (χ2n) is 5.26. The van der Waals surface area contributed by atoms with Crippen molar-refractivity contribution in [2.45, 2.75) is 49.2 Å². The lowest BCUT2D eigenvalue weighted by atomic mass is 10.2. The first-order valence-electron chi connectivity index (χ1n) is 5.89. The molecule has 5 nitrogen and oxygen atoms in total. The van der Waals surface area contributed by atoms with E-state index >= 15 is 0 Å². The van der Waals surface area contributed by atoms with Gasteiger partial charge in [-0.05, 0) is 27.2 Å². The van der Waals surface area contributed by atoms with Gasteiger partial charge in [0.05, 0.1) is 21.8 Å². The zero-order valence-electron chi connectivity index (χ0n) is 11.8. The van der Waals surface area contributed by atoms with Crippen molar-refractivity contribution in [2.24, 2.45) is 0 Å². The molecule has 0 saturated carbocycles. The minimum atomic E-state index is -3.28. The number of rotatable bonds is 5. The number of hydrogen-bond acceptors (Lipinski definition) is 5. The largest absolute Gasteiger partial charge is 0.242 e. The summed E-state index contributed by atoms with van der Waals surface area (Å²) in [7, 11) is -4.48. The first kappa shape index (κ1) is 16.7. The van der Waals surface area contributed by atoms with Crippen LogP contribution in [0.15, 0.2) is 10.5 Å². The molecule has 0 aliphatic carbocycles. The highest BCUT2D eigenvalue weighted by Crippen LogP contribution is 2.27. The van der Waals surface area contributed by atoms with Gasteiger partial charge < -0.3 is 0 Å². The predicted octanol–water partition coefficient (Wildman–Crippen LogP) is 2.05. The summed E-state index contributed by atoms with van der Waals surface area (Å²) in [6.07, 6.45) is 3.40. The smallest absolute Gasteiger partial charge is 0.209 e. The molecule has 8 heteroatoms. The van der Waals surface area contributed by atoms with E-state index in [0.717, 1.165) is 22.5 Å². The molecule has 0 amide bonds.